The Morgan fingerprint density at radius 3 is 2.42 bits per heavy atom. The van der Waals surface area contributed by atoms with Gasteiger partial charge in [0.25, 0.3) is 5.91 Å². The van der Waals surface area contributed by atoms with E-state index >= 15 is 0 Å². The average Bonchev–Trinajstić information content (AvgIpc) is 3.05. The first-order valence-electron chi connectivity index (χ1n) is 11.2. The third-order valence-corrected chi connectivity index (χ3v) is 5.61. The molecule has 1 aromatic carbocycles. The molecule has 0 bridgehead atoms. The van der Waals surface area contributed by atoms with Crippen LogP contribution in [0.5, 0.6) is 0 Å². The summed E-state index contributed by atoms with van der Waals surface area (Å²) in [5.41, 5.74) is 14.2. The van der Waals surface area contributed by atoms with Crippen LogP contribution in [0.25, 0.3) is 10.9 Å². The largest absolute Gasteiger partial charge is 0.365 e. The first-order chi connectivity index (χ1) is 15.5. The molecule has 3 aromatic rings. The number of fused-ring (bicyclic) bond motifs is 1. The minimum atomic E-state index is -0.772. The van der Waals surface area contributed by atoms with E-state index in [0.29, 0.717) is 11.6 Å². The molecule has 0 aliphatic heterocycles. The Labute approximate surface area is 193 Å². The first-order valence-corrected chi connectivity index (χ1v) is 11.2. The number of nitrogens with one attached hydrogen (secondary N) is 2. The fourth-order valence-electron chi connectivity index (χ4n) is 3.90. The Balaban J connectivity index is 2.02. The molecule has 0 fully saturated rings. The molecule has 0 unspecified atom stereocenters. The SMILES string of the molecule is CC(C)C[C@@H](Nc1nc(Nc2ccc3c(c2)c(C(C)C)nn3C)c(C(N)=O)cc1F)[C@H](C)N. The number of pyridine rings is 1. The Morgan fingerprint density at radius 1 is 1.15 bits per heavy atom. The molecule has 0 aliphatic carbocycles. The summed E-state index contributed by atoms with van der Waals surface area (Å²) in [4.78, 5) is 16.4. The summed E-state index contributed by atoms with van der Waals surface area (Å²) in [5, 5.41) is 11.9. The average molecular weight is 456 g/mol. The monoisotopic (exact) mass is 455 g/mol. The molecule has 6 N–H and O–H groups in total. The standard InChI is InChI=1S/C24H34FN7O/c1-12(2)9-19(14(5)26)29-24-18(25)11-17(22(27)33)23(30-24)28-15-7-8-20-16(10-15)21(13(3)4)31-32(20)6/h7-8,10-14,19H,9,26H2,1-6H3,(H2,27,33)(H2,28,29,30)/t14-,19+/m0/s1. The number of benzene rings is 1. The van der Waals surface area contributed by atoms with E-state index in [1.54, 1.807) is 0 Å². The third kappa shape index (κ3) is 5.42. The van der Waals surface area contributed by atoms with Gasteiger partial charge in [-0.25, -0.2) is 9.37 Å². The number of carbonyl (C=O) groups is 1. The van der Waals surface area contributed by atoms with Crippen molar-refractivity contribution in [3.8, 4) is 0 Å². The number of aromatic nitrogens is 3. The van der Waals surface area contributed by atoms with Gasteiger partial charge in [-0.3, -0.25) is 9.48 Å². The molecule has 0 spiro atoms. The number of amides is 1. The van der Waals surface area contributed by atoms with Crippen molar-refractivity contribution in [2.24, 2.45) is 24.4 Å². The Hall–Kier alpha value is -3.20. The molecule has 0 aliphatic rings. The van der Waals surface area contributed by atoms with Gasteiger partial charge in [0.15, 0.2) is 11.6 Å². The van der Waals surface area contributed by atoms with Gasteiger partial charge in [-0.15, -0.1) is 0 Å². The summed E-state index contributed by atoms with van der Waals surface area (Å²) in [7, 11) is 1.90. The molecule has 2 atom stereocenters. The minimum absolute atomic E-state index is 0.0239. The Kier molecular flexibility index (Phi) is 7.22. The minimum Gasteiger partial charge on any atom is -0.365 e. The van der Waals surface area contributed by atoms with Crippen molar-refractivity contribution in [2.75, 3.05) is 10.6 Å². The van der Waals surface area contributed by atoms with E-state index < -0.39 is 11.7 Å². The Bertz CT molecular complexity index is 1150. The summed E-state index contributed by atoms with van der Waals surface area (Å²) in [6, 6.07) is 6.46. The maximum atomic E-state index is 14.8. The summed E-state index contributed by atoms with van der Waals surface area (Å²) >= 11 is 0. The van der Waals surface area contributed by atoms with Crippen molar-refractivity contribution in [1.29, 1.82) is 0 Å². The number of anilines is 3. The summed E-state index contributed by atoms with van der Waals surface area (Å²) < 4.78 is 16.7. The van der Waals surface area contributed by atoms with E-state index in [4.69, 9.17) is 11.5 Å². The van der Waals surface area contributed by atoms with Crippen LogP contribution in [-0.4, -0.2) is 32.8 Å². The highest BCUT2D eigenvalue weighted by Crippen LogP contribution is 2.30. The zero-order chi connectivity index (χ0) is 24.4. The lowest BCUT2D eigenvalue weighted by molar-refractivity contribution is 0.100. The van der Waals surface area contributed by atoms with E-state index in [1.807, 2.05) is 36.9 Å². The number of carbonyl (C=O) groups excluding carboxylic acids is 1. The van der Waals surface area contributed by atoms with Crippen LogP contribution in [0, 0.1) is 11.7 Å². The summed E-state index contributed by atoms with van der Waals surface area (Å²) in [6.45, 7) is 10.2. The van der Waals surface area contributed by atoms with Gasteiger partial charge in [-0.1, -0.05) is 27.7 Å². The fourth-order valence-corrected chi connectivity index (χ4v) is 3.90. The van der Waals surface area contributed by atoms with Crippen molar-refractivity contribution in [1.82, 2.24) is 14.8 Å². The molecule has 8 nitrogen and oxygen atoms in total. The predicted octanol–water partition coefficient (Wildman–Crippen LogP) is 4.25. The molecule has 2 aromatic heterocycles. The number of nitrogens with two attached hydrogens (primary N) is 2. The topological polar surface area (TPSA) is 124 Å². The van der Waals surface area contributed by atoms with Crippen LogP contribution < -0.4 is 22.1 Å². The van der Waals surface area contributed by atoms with Crippen LogP contribution in [0.4, 0.5) is 21.7 Å². The van der Waals surface area contributed by atoms with Crippen molar-refractivity contribution in [3.05, 3.63) is 41.3 Å². The quantitative estimate of drug-likeness (QED) is 0.382. The third-order valence-electron chi connectivity index (χ3n) is 5.61. The van der Waals surface area contributed by atoms with Crippen LogP contribution >= 0.6 is 0 Å². The number of primary amides is 1. The van der Waals surface area contributed by atoms with Gasteiger partial charge in [0.05, 0.1) is 16.8 Å². The van der Waals surface area contributed by atoms with E-state index in [-0.39, 0.29) is 35.2 Å². The molecule has 0 radical (unpaired) electrons. The second kappa shape index (κ2) is 9.74. The second-order valence-electron chi connectivity index (χ2n) is 9.34. The van der Waals surface area contributed by atoms with Crippen LogP contribution in [0.3, 0.4) is 0 Å². The van der Waals surface area contributed by atoms with Gasteiger partial charge in [0.2, 0.25) is 0 Å². The summed E-state index contributed by atoms with van der Waals surface area (Å²) in [5.74, 6) is -0.633. The highest BCUT2D eigenvalue weighted by Gasteiger charge is 2.21. The van der Waals surface area contributed by atoms with E-state index in [2.05, 4.69) is 48.4 Å². The van der Waals surface area contributed by atoms with Crippen LogP contribution in [0.2, 0.25) is 0 Å². The lowest BCUT2D eigenvalue weighted by atomic mass is 9.99. The van der Waals surface area contributed by atoms with Gasteiger partial charge in [0.1, 0.15) is 5.82 Å². The molecule has 9 heteroatoms. The van der Waals surface area contributed by atoms with Crippen molar-refractivity contribution in [2.45, 2.75) is 59.0 Å². The van der Waals surface area contributed by atoms with Gasteiger partial charge in [-0.2, -0.15) is 5.10 Å². The number of halogens is 1. The maximum Gasteiger partial charge on any atom is 0.252 e. The smallest absolute Gasteiger partial charge is 0.252 e. The highest BCUT2D eigenvalue weighted by atomic mass is 19.1. The van der Waals surface area contributed by atoms with Gasteiger partial charge in [-0.05, 0) is 49.4 Å². The lowest BCUT2D eigenvalue weighted by Gasteiger charge is -2.25. The molecular formula is C24H34FN7O. The van der Waals surface area contributed by atoms with Crippen molar-refractivity contribution < 1.29 is 9.18 Å². The van der Waals surface area contributed by atoms with E-state index in [1.165, 1.54) is 0 Å². The molecular weight excluding hydrogens is 421 g/mol. The zero-order valence-electron chi connectivity index (χ0n) is 20.1. The lowest BCUT2D eigenvalue weighted by Crippen LogP contribution is -2.39. The number of aryl methyl sites for hydroxylation is 1. The number of nitrogens with zero attached hydrogens (tertiary/aromatic N) is 3. The number of hydrogen-bond donors (Lipinski definition) is 4. The van der Waals surface area contributed by atoms with Gasteiger partial charge in [0, 0.05) is 30.2 Å². The molecule has 1 amide bonds. The van der Waals surface area contributed by atoms with Crippen molar-refractivity contribution in [3.63, 3.8) is 0 Å². The zero-order valence-corrected chi connectivity index (χ0v) is 20.1. The number of rotatable bonds is 9. The fraction of sp³-hybridized carbons (Fsp3) is 0.458. The predicted molar refractivity (Wildman–Crippen MR) is 131 cm³/mol. The van der Waals surface area contributed by atoms with Crippen LogP contribution in [0.15, 0.2) is 24.3 Å². The van der Waals surface area contributed by atoms with Crippen LogP contribution in [0.1, 0.15) is 63.0 Å². The first kappa shape index (κ1) is 24.4. The molecule has 2 heterocycles. The number of hydrogen-bond acceptors (Lipinski definition) is 6. The van der Waals surface area contributed by atoms with Gasteiger partial charge < -0.3 is 22.1 Å². The molecule has 0 saturated heterocycles. The highest BCUT2D eigenvalue weighted by molar-refractivity contribution is 5.99. The van der Waals surface area contributed by atoms with Crippen molar-refractivity contribution >= 4 is 34.1 Å². The van der Waals surface area contributed by atoms with Crippen LogP contribution in [-0.2, 0) is 7.05 Å². The Morgan fingerprint density at radius 2 is 1.85 bits per heavy atom. The molecule has 0 saturated carbocycles. The summed E-state index contributed by atoms with van der Waals surface area (Å²) in [6.07, 6.45) is 0.745. The van der Waals surface area contributed by atoms with E-state index in [0.717, 1.165) is 29.1 Å². The normalized spacial score (nSPS) is 13.5. The molecule has 33 heavy (non-hydrogen) atoms. The van der Waals surface area contributed by atoms with Gasteiger partial charge >= 0.3 is 0 Å². The van der Waals surface area contributed by atoms with E-state index in [9.17, 15) is 9.18 Å². The maximum absolute atomic E-state index is 14.8. The molecule has 178 valence electrons. The molecule has 3 rings (SSSR count). The second-order valence-corrected chi connectivity index (χ2v) is 9.34.